The van der Waals surface area contributed by atoms with Gasteiger partial charge in [0.05, 0.1) is 13.2 Å². The van der Waals surface area contributed by atoms with Gasteiger partial charge in [-0.3, -0.25) is 4.79 Å². The third kappa shape index (κ3) is 3.75. The SMILES string of the molecule is CC1(C)CC(=O)C2=C(C1)Nc1nc(Cc3ccccc3)nn1C2c1ccc2c(c1)OCCCO2. The van der Waals surface area contributed by atoms with E-state index in [9.17, 15) is 4.79 Å². The molecular formula is C27H28N4O3. The van der Waals surface area contributed by atoms with Crippen molar-refractivity contribution in [2.45, 2.75) is 45.6 Å². The van der Waals surface area contributed by atoms with Gasteiger partial charge in [0, 0.05) is 30.5 Å². The van der Waals surface area contributed by atoms with Gasteiger partial charge in [-0.2, -0.15) is 10.1 Å². The molecular weight excluding hydrogens is 428 g/mol. The van der Waals surface area contributed by atoms with Crippen molar-refractivity contribution < 1.29 is 14.3 Å². The summed E-state index contributed by atoms with van der Waals surface area (Å²) in [4.78, 5) is 18.3. The number of anilines is 1. The highest BCUT2D eigenvalue weighted by molar-refractivity contribution is 6.00. The molecule has 7 heteroatoms. The number of hydrogen-bond acceptors (Lipinski definition) is 6. The monoisotopic (exact) mass is 456 g/mol. The average Bonchev–Trinajstić information content (AvgIpc) is 3.04. The predicted octanol–water partition coefficient (Wildman–Crippen LogP) is 4.69. The van der Waals surface area contributed by atoms with Gasteiger partial charge in [-0.25, -0.2) is 4.68 Å². The Hall–Kier alpha value is -3.61. The third-order valence-corrected chi connectivity index (χ3v) is 6.67. The van der Waals surface area contributed by atoms with Crippen molar-refractivity contribution >= 4 is 11.7 Å². The first-order valence-electron chi connectivity index (χ1n) is 11.9. The zero-order valence-corrected chi connectivity index (χ0v) is 19.5. The minimum absolute atomic E-state index is 0.104. The zero-order valence-electron chi connectivity index (χ0n) is 19.5. The standard InChI is InChI=1S/C27H28N4O3/c1-27(2)15-19-24(20(32)16-27)25(18-9-10-21-22(14-18)34-12-6-11-33-21)31-26(28-19)29-23(30-31)13-17-7-4-3-5-8-17/h3-5,7-10,14,25H,6,11-13,15-16H2,1-2H3,(H,28,29,30). The molecule has 174 valence electrons. The summed E-state index contributed by atoms with van der Waals surface area (Å²) in [7, 11) is 0. The third-order valence-electron chi connectivity index (χ3n) is 6.67. The van der Waals surface area contributed by atoms with Crippen LogP contribution in [0.3, 0.4) is 0 Å². The molecule has 2 aliphatic heterocycles. The van der Waals surface area contributed by atoms with E-state index >= 15 is 0 Å². The molecule has 3 aromatic rings. The largest absolute Gasteiger partial charge is 0.490 e. The summed E-state index contributed by atoms with van der Waals surface area (Å²) in [5.74, 6) is 3.00. The van der Waals surface area contributed by atoms with Gasteiger partial charge in [-0.05, 0) is 35.1 Å². The van der Waals surface area contributed by atoms with Crippen molar-refractivity contribution in [1.29, 1.82) is 0 Å². The van der Waals surface area contributed by atoms with E-state index in [4.69, 9.17) is 19.6 Å². The normalized spacial score (nSPS) is 20.8. The van der Waals surface area contributed by atoms with Gasteiger partial charge >= 0.3 is 0 Å². The number of rotatable bonds is 3. The van der Waals surface area contributed by atoms with E-state index in [1.807, 2.05) is 41.1 Å². The van der Waals surface area contributed by atoms with Gasteiger partial charge in [0.15, 0.2) is 23.1 Å². The molecule has 0 radical (unpaired) electrons. The summed E-state index contributed by atoms with van der Waals surface area (Å²) in [5.41, 5.74) is 3.71. The Morgan fingerprint density at radius 1 is 1.06 bits per heavy atom. The summed E-state index contributed by atoms with van der Waals surface area (Å²) < 4.78 is 13.7. The summed E-state index contributed by atoms with van der Waals surface area (Å²) >= 11 is 0. The van der Waals surface area contributed by atoms with Crippen LogP contribution >= 0.6 is 0 Å². The first-order chi connectivity index (χ1) is 16.5. The summed E-state index contributed by atoms with van der Waals surface area (Å²) in [6.45, 7) is 5.52. The average molecular weight is 457 g/mol. The number of ether oxygens (including phenoxy) is 2. The predicted molar refractivity (Wildman–Crippen MR) is 128 cm³/mol. The van der Waals surface area contributed by atoms with Gasteiger partial charge in [0.1, 0.15) is 6.04 Å². The quantitative estimate of drug-likeness (QED) is 0.616. The number of allylic oxidation sites excluding steroid dienone is 2. The van der Waals surface area contributed by atoms with Crippen LogP contribution in [0.4, 0.5) is 5.95 Å². The maximum absolute atomic E-state index is 13.5. The van der Waals surface area contributed by atoms with Crippen molar-refractivity contribution in [3.05, 3.63) is 76.8 Å². The Bertz CT molecular complexity index is 1290. The first kappa shape index (κ1) is 21.0. The van der Waals surface area contributed by atoms with Crippen LogP contribution in [-0.2, 0) is 11.2 Å². The van der Waals surface area contributed by atoms with Crippen LogP contribution in [0.2, 0.25) is 0 Å². The highest BCUT2D eigenvalue weighted by Gasteiger charge is 2.42. The Labute approximate surface area is 198 Å². The van der Waals surface area contributed by atoms with Crippen LogP contribution in [0.15, 0.2) is 59.8 Å². The Kier molecular flexibility index (Phi) is 4.94. The molecule has 7 nitrogen and oxygen atoms in total. The van der Waals surface area contributed by atoms with Crippen molar-refractivity contribution in [2.24, 2.45) is 5.41 Å². The number of nitrogens with one attached hydrogen (secondary N) is 1. The molecule has 0 spiro atoms. The van der Waals surface area contributed by atoms with Crippen LogP contribution in [-0.4, -0.2) is 33.8 Å². The molecule has 0 amide bonds. The van der Waals surface area contributed by atoms with E-state index in [0.717, 1.165) is 46.8 Å². The Morgan fingerprint density at radius 3 is 2.68 bits per heavy atom. The minimum atomic E-state index is -0.357. The second-order valence-corrected chi connectivity index (χ2v) is 10.1. The van der Waals surface area contributed by atoms with E-state index in [0.29, 0.717) is 37.8 Å². The molecule has 2 aromatic carbocycles. The van der Waals surface area contributed by atoms with Gasteiger partial charge in [0.25, 0.3) is 0 Å². The summed E-state index contributed by atoms with van der Waals surface area (Å²) in [6, 6.07) is 15.8. The van der Waals surface area contributed by atoms with E-state index < -0.39 is 0 Å². The Morgan fingerprint density at radius 2 is 1.85 bits per heavy atom. The van der Waals surface area contributed by atoms with E-state index in [-0.39, 0.29) is 17.2 Å². The molecule has 0 saturated heterocycles. The summed E-state index contributed by atoms with van der Waals surface area (Å²) in [5, 5.41) is 8.34. The summed E-state index contributed by atoms with van der Waals surface area (Å²) in [6.07, 6.45) is 2.77. The first-order valence-corrected chi connectivity index (χ1v) is 11.9. The lowest BCUT2D eigenvalue weighted by Gasteiger charge is -2.38. The van der Waals surface area contributed by atoms with Crippen molar-refractivity contribution in [2.75, 3.05) is 18.5 Å². The number of ketones is 1. The highest BCUT2D eigenvalue weighted by atomic mass is 16.5. The molecule has 34 heavy (non-hydrogen) atoms. The second-order valence-electron chi connectivity index (χ2n) is 10.1. The molecule has 0 bridgehead atoms. The van der Waals surface area contributed by atoms with Gasteiger partial charge in [-0.1, -0.05) is 50.2 Å². The van der Waals surface area contributed by atoms with Crippen molar-refractivity contribution in [1.82, 2.24) is 14.8 Å². The van der Waals surface area contributed by atoms with Crippen molar-refractivity contribution in [3.8, 4) is 11.5 Å². The number of hydrogen-bond donors (Lipinski definition) is 1. The fourth-order valence-electron chi connectivity index (χ4n) is 5.16. The van der Waals surface area contributed by atoms with Crippen LogP contribution in [0.25, 0.3) is 0 Å². The minimum Gasteiger partial charge on any atom is -0.490 e. The molecule has 1 unspecified atom stereocenters. The van der Waals surface area contributed by atoms with Gasteiger partial charge in [-0.15, -0.1) is 0 Å². The van der Waals surface area contributed by atoms with E-state index in [1.165, 1.54) is 0 Å². The van der Waals surface area contributed by atoms with Crippen LogP contribution in [0, 0.1) is 5.41 Å². The zero-order chi connectivity index (χ0) is 23.3. The maximum Gasteiger partial charge on any atom is 0.226 e. The molecule has 1 aromatic heterocycles. The number of carbonyl (C=O) groups excluding carboxylic acids is 1. The number of fused-ring (bicyclic) bond motifs is 2. The number of nitrogens with zero attached hydrogens (tertiary/aromatic N) is 3. The lowest BCUT2D eigenvalue weighted by Crippen LogP contribution is -2.36. The van der Waals surface area contributed by atoms with Gasteiger partial charge < -0.3 is 14.8 Å². The van der Waals surface area contributed by atoms with E-state index in [1.54, 1.807) is 0 Å². The smallest absolute Gasteiger partial charge is 0.226 e. The van der Waals surface area contributed by atoms with E-state index in [2.05, 4.69) is 31.3 Å². The number of aromatic nitrogens is 3. The lowest BCUT2D eigenvalue weighted by molar-refractivity contribution is -0.118. The van der Waals surface area contributed by atoms with Gasteiger partial charge in [0.2, 0.25) is 5.95 Å². The topological polar surface area (TPSA) is 78.3 Å². The van der Waals surface area contributed by atoms with Crippen LogP contribution < -0.4 is 14.8 Å². The molecule has 3 heterocycles. The highest BCUT2D eigenvalue weighted by Crippen LogP contribution is 2.46. The molecule has 1 aliphatic carbocycles. The molecule has 6 rings (SSSR count). The Balaban J connectivity index is 1.46. The molecule has 3 aliphatic rings. The molecule has 0 fully saturated rings. The number of carbonyl (C=O) groups is 1. The van der Waals surface area contributed by atoms with Crippen LogP contribution in [0.5, 0.6) is 11.5 Å². The second kappa shape index (κ2) is 8.01. The molecule has 1 N–H and O–H groups in total. The number of benzene rings is 2. The van der Waals surface area contributed by atoms with Crippen LogP contribution in [0.1, 0.15) is 56.1 Å². The van der Waals surface area contributed by atoms with Crippen molar-refractivity contribution in [3.63, 3.8) is 0 Å². The maximum atomic E-state index is 13.5. The fourth-order valence-corrected chi connectivity index (χ4v) is 5.16. The lowest BCUT2D eigenvalue weighted by atomic mass is 9.73. The molecule has 0 saturated carbocycles. The number of Topliss-reactive ketones (excluding diaryl/α,β-unsaturated/α-hetero) is 1. The molecule has 1 atom stereocenters. The fraction of sp³-hybridized carbons (Fsp3) is 0.370.